The lowest BCUT2D eigenvalue weighted by atomic mass is 10.1. The van der Waals surface area contributed by atoms with Crippen molar-refractivity contribution < 1.29 is 18.0 Å². The summed E-state index contributed by atoms with van der Waals surface area (Å²) in [5, 5.41) is 10.1. The number of aromatic nitrogens is 4. The molecular weight excluding hydrogens is 387 g/mol. The Kier molecular flexibility index (Phi) is 6.36. The van der Waals surface area contributed by atoms with Gasteiger partial charge >= 0.3 is 6.18 Å². The zero-order valence-electron chi connectivity index (χ0n) is 16.3. The highest BCUT2D eigenvalue weighted by Crippen LogP contribution is 2.34. The normalized spacial score (nSPS) is 16.0. The Labute approximate surface area is 166 Å². The van der Waals surface area contributed by atoms with Crippen molar-refractivity contribution in [1.82, 2.24) is 24.6 Å². The summed E-state index contributed by atoms with van der Waals surface area (Å²) < 4.78 is 41.2. The van der Waals surface area contributed by atoms with Gasteiger partial charge in [-0.1, -0.05) is 0 Å². The molecule has 1 fully saturated rings. The summed E-state index contributed by atoms with van der Waals surface area (Å²) in [5.41, 5.74) is 0.441. The first kappa shape index (κ1) is 21.0. The van der Waals surface area contributed by atoms with Gasteiger partial charge in [-0.15, -0.1) is 0 Å². The molecule has 8 nitrogen and oxygen atoms in total. The maximum absolute atomic E-state index is 13.1. The number of piperidine rings is 1. The summed E-state index contributed by atoms with van der Waals surface area (Å²) in [6.07, 6.45) is 0.715. The molecule has 0 aromatic carbocycles. The number of rotatable bonds is 7. The fraction of sp³-hybridized carbons (Fsp3) is 0.556. The molecule has 2 N–H and O–H groups in total. The third kappa shape index (κ3) is 5.03. The van der Waals surface area contributed by atoms with Gasteiger partial charge < -0.3 is 15.4 Å². The molecule has 0 aliphatic carbocycles. The molecule has 2 aromatic heterocycles. The SMILES string of the molecule is CCNc1nc(Nc2cn(C3CCN(CC=O)CC3)nc2C)ncc1C(F)(F)F. The van der Waals surface area contributed by atoms with Crippen LogP contribution in [0.4, 0.5) is 30.6 Å². The molecule has 0 bridgehead atoms. The van der Waals surface area contributed by atoms with E-state index in [0.29, 0.717) is 24.5 Å². The molecule has 1 saturated heterocycles. The molecule has 0 saturated carbocycles. The number of alkyl halides is 3. The number of carbonyl (C=O) groups excluding carboxylic acids is 1. The monoisotopic (exact) mass is 411 g/mol. The van der Waals surface area contributed by atoms with Crippen LogP contribution in [0.15, 0.2) is 12.4 Å². The Hall–Kier alpha value is -2.69. The number of aldehydes is 1. The van der Waals surface area contributed by atoms with Crippen LogP contribution in [-0.2, 0) is 11.0 Å². The van der Waals surface area contributed by atoms with E-state index < -0.39 is 11.7 Å². The fourth-order valence-electron chi connectivity index (χ4n) is 3.34. The third-order valence-corrected chi connectivity index (χ3v) is 4.87. The Morgan fingerprint density at radius 2 is 2.03 bits per heavy atom. The minimum Gasteiger partial charge on any atom is -0.370 e. The second-order valence-corrected chi connectivity index (χ2v) is 6.92. The number of hydrogen-bond donors (Lipinski definition) is 2. The molecule has 0 amide bonds. The lowest BCUT2D eigenvalue weighted by molar-refractivity contribution is -0.137. The summed E-state index contributed by atoms with van der Waals surface area (Å²) in [6, 6.07) is 0.206. The molecule has 0 atom stereocenters. The summed E-state index contributed by atoms with van der Waals surface area (Å²) in [6.45, 7) is 5.90. The average molecular weight is 411 g/mol. The summed E-state index contributed by atoms with van der Waals surface area (Å²) in [5.74, 6) is -0.192. The molecule has 1 aliphatic heterocycles. The molecule has 0 radical (unpaired) electrons. The maximum atomic E-state index is 13.1. The highest BCUT2D eigenvalue weighted by Gasteiger charge is 2.35. The van der Waals surface area contributed by atoms with Gasteiger partial charge in [0.05, 0.1) is 24.0 Å². The average Bonchev–Trinajstić information content (AvgIpc) is 3.02. The van der Waals surface area contributed by atoms with Crippen molar-refractivity contribution in [2.75, 3.05) is 36.8 Å². The van der Waals surface area contributed by atoms with Crippen molar-refractivity contribution in [3.8, 4) is 0 Å². The van der Waals surface area contributed by atoms with Crippen LogP contribution >= 0.6 is 0 Å². The molecule has 1 aliphatic rings. The van der Waals surface area contributed by atoms with Crippen LogP contribution in [-0.4, -0.2) is 57.1 Å². The highest BCUT2D eigenvalue weighted by molar-refractivity contribution is 5.58. The van der Waals surface area contributed by atoms with Crippen molar-refractivity contribution in [1.29, 1.82) is 0 Å². The summed E-state index contributed by atoms with van der Waals surface area (Å²) in [4.78, 5) is 20.5. The molecule has 29 heavy (non-hydrogen) atoms. The summed E-state index contributed by atoms with van der Waals surface area (Å²) in [7, 11) is 0. The predicted octanol–water partition coefficient (Wildman–Crippen LogP) is 3.01. The molecular formula is C18H24F3N7O. The van der Waals surface area contributed by atoms with Crippen molar-refractivity contribution in [3.63, 3.8) is 0 Å². The Morgan fingerprint density at radius 3 is 2.66 bits per heavy atom. The standard InChI is InChI=1S/C18H24F3N7O/c1-3-22-16-14(18(19,20)21)10-23-17(25-16)24-15-11-28(26-12(15)2)13-4-6-27(7-5-13)8-9-29/h9-11,13H,3-8H2,1-2H3,(H2,22,23,24,25). The number of nitrogens with one attached hydrogen (secondary N) is 2. The number of nitrogens with zero attached hydrogens (tertiary/aromatic N) is 5. The molecule has 3 heterocycles. The fourth-order valence-corrected chi connectivity index (χ4v) is 3.34. The molecule has 0 spiro atoms. The first-order valence-corrected chi connectivity index (χ1v) is 9.48. The van der Waals surface area contributed by atoms with E-state index in [2.05, 4.69) is 30.6 Å². The van der Waals surface area contributed by atoms with E-state index in [9.17, 15) is 18.0 Å². The van der Waals surface area contributed by atoms with Gasteiger partial charge in [-0.3, -0.25) is 9.58 Å². The Morgan fingerprint density at radius 1 is 1.31 bits per heavy atom. The van der Waals surface area contributed by atoms with E-state index >= 15 is 0 Å². The molecule has 3 rings (SSSR count). The topological polar surface area (TPSA) is 88.0 Å². The lowest BCUT2D eigenvalue weighted by Gasteiger charge is -2.30. The highest BCUT2D eigenvalue weighted by atomic mass is 19.4. The van der Waals surface area contributed by atoms with Gasteiger partial charge in [0.15, 0.2) is 0 Å². The van der Waals surface area contributed by atoms with E-state index in [0.717, 1.165) is 38.4 Å². The zero-order valence-corrected chi connectivity index (χ0v) is 16.3. The molecule has 158 valence electrons. The van der Waals surface area contributed by atoms with E-state index in [1.165, 1.54) is 0 Å². The second kappa shape index (κ2) is 8.76. The van der Waals surface area contributed by atoms with E-state index in [4.69, 9.17) is 0 Å². The van der Waals surface area contributed by atoms with Crippen LogP contribution in [0, 0.1) is 6.92 Å². The van der Waals surface area contributed by atoms with Gasteiger partial charge in [0.25, 0.3) is 0 Å². The summed E-state index contributed by atoms with van der Waals surface area (Å²) >= 11 is 0. The second-order valence-electron chi connectivity index (χ2n) is 6.92. The third-order valence-electron chi connectivity index (χ3n) is 4.87. The zero-order chi connectivity index (χ0) is 21.0. The smallest absolute Gasteiger partial charge is 0.370 e. The lowest BCUT2D eigenvalue weighted by Crippen LogP contribution is -2.35. The van der Waals surface area contributed by atoms with Crippen molar-refractivity contribution >= 4 is 23.7 Å². The molecule has 0 unspecified atom stereocenters. The van der Waals surface area contributed by atoms with Crippen LogP contribution in [0.25, 0.3) is 0 Å². The number of anilines is 3. The van der Waals surface area contributed by atoms with E-state index in [1.54, 1.807) is 6.92 Å². The number of carbonyl (C=O) groups is 1. The number of hydrogen-bond acceptors (Lipinski definition) is 7. The van der Waals surface area contributed by atoms with Gasteiger partial charge in [-0.2, -0.15) is 23.3 Å². The first-order valence-electron chi connectivity index (χ1n) is 9.48. The van der Waals surface area contributed by atoms with E-state index in [-0.39, 0.29) is 17.8 Å². The van der Waals surface area contributed by atoms with Crippen LogP contribution in [0.1, 0.15) is 37.1 Å². The minimum atomic E-state index is -4.53. The Balaban J connectivity index is 1.74. The largest absolute Gasteiger partial charge is 0.421 e. The Bertz CT molecular complexity index is 844. The van der Waals surface area contributed by atoms with E-state index in [1.807, 2.05) is 17.8 Å². The molecule has 2 aromatic rings. The van der Waals surface area contributed by atoms with Gasteiger partial charge in [0.1, 0.15) is 17.7 Å². The maximum Gasteiger partial charge on any atom is 0.421 e. The van der Waals surface area contributed by atoms with Crippen LogP contribution in [0.5, 0.6) is 0 Å². The number of halogens is 3. The van der Waals surface area contributed by atoms with Crippen LogP contribution in [0.3, 0.4) is 0 Å². The molecule has 11 heteroatoms. The van der Waals surface area contributed by atoms with Gasteiger partial charge in [-0.05, 0) is 26.7 Å². The minimum absolute atomic E-state index is 0.0670. The van der Waals surface area contributed by atoms with Crippen LogP contribution < -0.4 is 10.6 Å². The first-order chi connectivity index (χ1) is 13.8. The van der Waals surface area contributed by atoms with Crippen LogP contribution in [0.2, 0.25) is 0 Å². The quantitative estimate of drug-likeness (QED) is 0.677. The number of aryl methyl sites for hydroxylation is 1. The van der Waals surface area contributed by atoms with Crippen molar-refractivity contribution in [3.05, 3.63) is 23.7 Å². The van der Waals surface area contributed by atoms with Gasteiger partial charge in [-0.25, -0.2) is 4.98 Å². The predicted molar refractivity (Wildman–Crippen MR) is 102 cm³/mol. The van der Waals surface area contributed by atoms with Crippen molar-refractivity contribution in [2.24, 2.45) is 0 Å². The number of likely N-dealkylation sites (tertiary alicyclic amines) is 1. The van der Waals surface area contributed by atoms with Crippen molar-refractivity contribution in [2.45, 2.75) is 38.9 Å². The van der Waals surface area contributed by atoms with Gasteiger partial charge in [0.2, 0.25) is 5.95 Å². The van der Waals surface area contributed by atoms with Gasteiger partial charge in [0, 0.05) is 32.0 Å².